The van der Waals surface area contributed by atoms with Gasteiger partial charge in [0.1, 0.15) is 11.5 Å². The molecule has 0 bridgehead atoms. The summed E-state index contributed by atoms with van der Waals surface area (Å²) in [5.74, 6) is 1.33. The molecule has 8 heteroatoms. The average molecular weight is 398 g/mol. The number of halogens is 1. The molecule has 2 heterocycles. The molecule has 6 nitrogen and oxygen atoms in total. The average Bonchev–Trinajstić information content (AvgIpc) is 3.32. The van der Waals surface area contributed by atoms with Gasteiger partial charge in [-0.15, -0.1) is 5.10 Å². The first kappa shape index (κ1) is 17.8. The van der Waals surface area contributed by atoms with Crippen LogP contribution in [-0.4, -0.2) is 25.4 Å². The lowest BCUT2D eigenvalue weighted by Gasteiger charge is -2.09. The third-order valence-electron chi connectivity index (χ3n) is 4.29. The summed E-state index contributed by atoms with van der Waals surface area (Å²) < 4.78 is 7.21. The molecule has 0 N–H and O–H groups in total. The maximum absolute atomic E-state index is 5.93. The van der Waals surface area contributed by atoms with Crippen molar-refractivity contribution in [3.63, 3.8) is 0 Å². The fourth-order valence-corrected chi connectivity index (χ4v) is 3.54. The van der Waals surface area contributed by atoms with Crippen LogP contribution in [0.15, 0.2) is 58.2 Å². The first-order chi connectivity index (χ1) is 13.1. The van der Waals surface area contributed by atoms with Crippen LogP contribution in [-0.2, 0) is 5.75 Å². The first-order valence-electron chi connectivity index (χ1n) is 8.31. The Morgan fingerprint density at radius 1 is 1.11 bits per heavy atom. The van der Waals surface area contributed by atoms with Crippen molar-refractivity contribution in [2.75, 3.05) is 0 Å². The van der Waals surface area contributed by atoms with Crippen LogP contribution in [0.1, 0.15) is 16.9 Å². The lowest BCUT2D eigenvalue weighted by Crippen LogP contribution is -2.02. The van der Waals surface area contributed by atoms with Gasteiger partial charge in [-0.05, 0) is 53.6 Å². The third-order valence-corrected chi connectivity index (χ3v) is 5.48. The predicted molar refractivity (Wildman–Crippen MR) is 105 cm³/mol. The van der Waals surface area contributed by atoms with Crippen molar-refractivity contribution in [3.8, 4) is 16.9 Å². The predicted octanol–water partition coefficient (Wildman–Crippen LogP) is 4.88. The molecule has 0 atom stereocenters. The molecular weight excluding hydrogens is 382 g/mol. The van der Waals surface area contributed by atoms with Crippen molar-refractivity contribution >= 4 is 23.4 Å². The minimum Gasteiger partial charge on any atom is -0.360 e. The van der Waals surface area contributed by atoms with E-state index in [1.54, 1.807) is 4.68 Å². The molecule has 136 valence electrons. The van der Waals surface area contributed by atoms with E-state index in [2.05, 4.69) is 40.6 Å². The number of hydrogen-bond acceptors (Lipinski definition) is 6. The van der Waals surface area contributed by atoms with E-state index in [0.717, 1.165) is 28.3 Å². The van der Waals surface area contributed by atoms with Gasteiger partial charge in [0.2, 0.25) is 5.16 Å². The second-order valence-electron chi connectivity index (χ2n) is 6.07. The molecule has 0 fully saturated rings. The maximum atomic E-state index is 5.93. The number of aromatic nitrogens is 5. The Bertz CT molecular complexity index is 1070. The van der Waals surface area contributed by atoms with Gasteiger partial charge in [0, 0.05) is 16.7 Å². The number of aryl methyl sites for hydroxylation is 1. The van der Waals surface area contributed by atoms with Crippen LogP contribution in [0.3, 0.4) is 0 Å². The van der Waals surface area contributed by atoms with Gasteiger partial charge in [-0.2, -0.15) is 4.68 Å². The highest BCUT2D eigenvalue weighted by atomic mass is 35.5. The lowest BCUT2D eigenvalue weighted by atomic mass is 10.1. The summed E-state index contributed by atoms with van der Waals surface area (Å²) in [5, 5.41) is 17.6. The summed E-state index contributed by atoms with van der Waals surface area (Å²) in [6, 6.07) is 15.5. The molecule has 4 rings (SSSR count). The highest BCUT2D eigenvalue weighted by Gasteiger charge is 2.14. The summed E-state index contributed by atoms with van der Waals surface area (Å²) in [4.78, 5) is 0. The maximum Gasteiger partial charge on any atom is 0.214 e. The van der Waals surface area contributed by atoms with Crippen LogP contribution in [0.4, 0.5) is 0 Å². The zero-order valence-electron chi connectivity index (χ0n) is 14.8. The molecule has 4 aromatic rings. The van der Waals surface area contributed by atoms with E-state index in [-0.39, 0.29) is 0 Å². The summed E-state index contributed by atoms with van der Waals surface area (Å²) in [6.45, 7) is 4.14. The third kappa shape index (κ3) is 3.74. The number of nitrogens with zero attached hydrogens (tertiary/aromatic N) is 5. The van der Waals surface area contributed by atoms with Crippen LogP contribution in [0, 0.1) is 13.8 Å². The minimum atomic E-state index is 0.575. The Kier molecular flexibility index (Phi) is 4.96. The van der Waals surface area contributed by atoms with E-state index in [9.17, 15) is 0 Å². The zero-order chi connectivity index (χ0) is 18.8. The minimum absolute atomic E-state index is 0.575. The van der Waals surface area contributed by atoms with Crippen LogP contribution < -0.4 is 0 Å². The van der Waals surface area contributed by atoms with Crippen molar-refractivity contribution in [2.24, 2.45) is 0 Å². The van der Waals surface area contributed by atoms with Gasteiger partial charge in [-0.3, -0.25) is 0 Å². The monoisotopic (exact) mass is 397 g/mol. The SMILES string of the molecule is Cc1cccc(-n2nnnc2SCc2cc(-c3ccc(Cl)cc3)no2)c1C. The molecule has 2 aromatic heterocycles. The van der Waals surface area contributed by atoms with E-state index >= 15 is 0 Å². The largest absolute Gasteiger partial charge is 0.360 e. The topological polar surface area (TPSA) is 69.6 Å². The van der Waals surface area contributed by atoms with Crippen molar-refractivity contribution < 1.29 is 4.52 Å². The Hall–Kier alpha value is -2.64. The smallest absolute Gasteiger partial charge is 0.214 e. The van der Waals surface area contributed by atoms with Crippen molar-refractivity contribution in [1.29, 1.82) is 0 Å². The molecule has 0 unspecified atom stereocenters. The molecule has 0 saturated carbocycles. The summed E-state index contributed by atoms with van der Waals surface area (Å²) in [7, 11) is 0. The van der Waals surface area contributed by atoms with Gasteiger partial charge in [-0.1, -0.05) is 52.8 Å². The molecule has 27 heavy (non-hydrogen) atoms. The number of thioether (sulfide) groups is 1. The fourth-order valence-electron chi connectivity index (χ4n) is 2.66. The van der Waals surface area contributed by atoms with E-state index in [4.69, 9.17) is 16.1 Å². The highest BCUT2D eigenvalue weighted by Crippen LogP contribution is 2.27. The molecule has 0 aliphatic carbocycles. The van der Waals surface area contributed by atoms with E-state index in [1.165, 1.54) is 17.3 Å². The van der Waals surface area contributed by atoms with Crippen LogP contribution in [0.2, 0.25) is 5.02 Å². The summed E-state index contributed by atoms with van der Waals surface area (Å²) in [6.07, 6.45) is 0. The summed E-state index contributed by atoms with van der Waals surface area (Å²) in [5.41, 5.74) is 5.05. The molecule has 0 aliphatic rings. The Balaban J connectivity index is 1.51. The van der Waals surface area contributed by atoms with Crippen molar-refractivity contribution in [1.82, 2.24) is 25.4 Å². The molecule has 0 radical (unpaired) electrons. The van der Waals surface area contributed by atoms with Gasteiger partial charge < -0.3 is 4.52 Å². The van der Waals surface area contributed by atoms with Gasteiger partial charge in [0.15, 0.2) is 0 Å². The molecule has 2 aromatic carbocycles. The molecule has 0 spiro atoms. The second kappa shape index (κ2) is 7.54. The number of rotatable bonds is 5. The van der Waals surface area contributed by atoms with Gasteiger partial charge in [-0.25, -0.2) is 0 Å². The van der Waals surface area contributed by atoms with Gasteiger partial charge >= 0.3 is 0 Å². The number of hydrogen-bond donors (Lipinski definition) is 0. The summed E-state index contributed by atoms with van der Waals surface area (Å²) >= 11 is 7.43. The molecule has 0 saturated heterocycles. The fraction of sp³-hybridized carbons (Fsp3) is 0.158. The van der Waals surface area contributed by atoms with Crippen molar-refractivity contribution in [2.45, 2.75) is 24.8 Å². The number of tetrazole rings is 1. The van der Waals surface area contributed by atoms with Crippen molar-refractivity contribution in [3.05, 3.63) is 70.4 Å². The normalized spacial score (nSPS) is 11.1. The lowest BCUT2D eigenvalue weighted by molar-refractivity contribution is 0.397. The Labute approximate surface area is 165 Å². The second-order valence-corrected chi connectivity index (χ2v) is 7.45. The van der Waals surface area contributed by atoms with E-state index in [1.807, 2.05) is 42.5 Å². The van der Waals surface area contributed by atoms with E-state index < -0.39 is 0 Å². The van der Waals surface area contributed by atoms with Crippen LogP contribution in [0.25, 0.3) is 16.9 Å². The quantitative estimate of drug-likeness (QED) is 0.447. The van der Waals surface area contributed by atoms with Gasteiger partial charge in [0.05, 0.1) is 11.4 Å². The van der Waals surface area contributed by atoms with Gasteiger partial charge in [0.25, 0.3) is 0 Å². The Morgan fingerprint density at radius 2 is 1.93 bits per heavy atom. The molecule has 0 amide bonds. The zero-order valence-corrected chi connectivity index (χ0v) is 16.3. The van der Waals surface area contributed by atoms with Crippen LogP contribution >= 0.6 is 23.4 Å². The standard InChI is InChI=1S/C19H16ClN5OS/c1-12-4-3-5-18(13(12)2)25-19(21-23-24-25)27-11-16-10-17(22-26-16)14-6-8-15(20)9-7-14/h3-10H,11H2,1-2H3. The molecular formula is C19H16ClN5OS. The Morgan fingerprint density at radius 3 is 2.74 bits per heavy atom. The first-order valence-corrected chi connectivity index (χ1v) is 9.67. The highest BCUT2D eigenvalue weighted by molar-refractivity contribution is 7.98. The van der Waals surface area contributed by atoms with E-state index in [0.29, 0.717) is 15.9 Å². The number of benzene rings is 2. The van der Waals surface area contributed by atoms with Crippen LogP contribution in [0.5, 0.6) is 0 Å². The molecule has 0 aliphatic heterocycles.